The Labute approximate surface area is 131 Å². The topological polar surface area (TPSA) is 21.3 Å². The van der Waals surface area contributed by atoms with E-state index in [1.54, 1.807) is 0 Å². The summed E-state index contributed by atoms with van der Waals surface area (Å²) in [4.78, 5) is 0. The molecule has 0 heterocycles. The van der Waals surface area contributed by atoms with Gasteiger partial charge in [-0.2, -0.15) is 0 Å². The van der Waals surface area contributed by atoms with E-state index in [1.807, 2.05) is 0 Å². The third kappa shape index (κ3) is 9.52. The van der Waals surface area contributed by atoms with Crippen LogP contribution < -0.4 is 10.1 Å². The minimum Gasteiger partial charge on any atom is -0.494 e. The van der Waals surface area contributed by atoms with Crippen molar-refractivity contribution in [2.45, 2.75) is 65.8 Å². The number of unbranched alkanes of at least 4 members (excludes halogenated alkanes) is 4. The van der Waals surface area contributed by atoms with Crippen molar-refractivity contribution < 1.29 is 4.74 Å². The molecule has 1 aromatic rings. The molecule has 2 heteroatoms. The van der Waals surface area contributed by atoms with Crippen molar-refractivity contribution in [1.82, 2.24) is 5.32 Å². The standard InChI is InChI=1S/C19H33NO/c1-4-5-6-7-8-14-20-16-18-9-11-19(12-10-18)21-15-13-17(2)3/h9-12,17,20H,4-8,13-16H2,1-3H3. The highest BCUT2D eigenvalue weighted by molar-refractivity contribution is 5.27. The largest absolute Gasteiger partial charge is 0.494 e. The van der Waals surface area contributed by atoms with E-state index in [0.29, 0.717) is 5.92 Å². The van der Waals surface area contributed by atoms with Gasteiger partial charge in [0.15, 0.2) is 0 Å². The summed E-state index contributed by atoms with van der Waals surface area (Å²) in [6, 6.07) is 8.49. The molecule has 0 spiro atoms. The van der Waals surface area contributed by atoms with Crippen molar-refractivity contribution in [3.8, 4) is 5.75 Å². The molecule has 120 valence electrons. The Morgan fingerprint density at radius 3 is 2.38 bits per heavy atom. The number of hydrogen-bond acceptors (Lipinski definition) is 2. The van der Waals surface area contributed by atoms with Gasteiger partial charge in [0.1, 0.15) is 5.75 Å². The number of hydrogen-bond donors (Lipinski definition) is 1. The van der Waals surface area contributed by atoms with Crippen LogP contribution in [-0.2, 0) is 6.54 Å². The molecular weight excluding hydrogens is 258 g/mol. The molecule has 1 aromatic carbocycles. The number of ether oxygens (including phenoxy) is 1. The Morgan fingerprint density at radius 1 is 1.00 bits per heavy atom. The van der Waals surface area contributed by atoms with Gasteiger partial charge in [-0.05, 0) is 43.0 Å². The van der Waals surface area contributed by atoms with E-state index in [9.17, 15) is 0 Å². The maximum atomic E-state index is 5.73. The van der Waals surface area contributed by atoms with Crippen molar-refractivity contribution in [2.75, 3.05) is 13.2 Å². The predicted octanol–water partition coefficient (Wildman–Crippen LogP) is 5.17. The summed E-state index contributed by atoms with van der Waals surface area (Å²) in [5.41, 5.74) is 1.33. The summed E-state index contributed by atoms with van der Waals surface area (Å²) in [6.07, 6.45) is 7.82. The fourth-order valence-electron chi connectivity index (χ4n) is 2.20. The second-order valence-electron chi connectivity index (χ2n) is 6.27. The number of nitrogens with one attached hydrogen (secondary N) is 1. The third-order valence-electron chi connectivity index (χ3n) is 3.67. The summed E-state index contributed by atoms with van der Waals surface area (Å²) < 4.78 is 5.73. The first-order chi connectivity index (χ1) is 10.2. The lowest BCUT2D eigenvalue weighted by atomic mass is 10.1. The second kappa shape index (κ2) is 11.6. The summed E-state index contributed by atoms with van der Waals surface area (Å²) in [6.45, 7) is 9.60. The van der Waals surface area contributed by atoms with Gasteiger partial charge in [0.2, 0.25) is 0 Å². The minimum absolute atomic E-state index is 0.700. The molecule has 0 amide bonds. The normalized spacial score (nSPS) is 11.0. The molecule has 0 saturated carbocycles. The van der Waals surface area contributed by atoms with Crippen molar-refractivity contribution in [1.29, 1.82) is 0 Å². The van der Waals surface area contributed by atoms with E-state index in [2.05, 4.69) is 50.4 Å². The van der Waals surface area contributed by atoms with Crippen LogP contribution in [0.1, 0.15) is 64.9 Å². The van der Waals surface area contributed by atoms with Crippen LogP contribution in [0, 0.1) is 5.92 Å². The quantitative estimate of drug-likeness (QED) is 0.536. The van der Waals surface area contributed by atoms with Crippen LogP contribution in [0.3, 0.4) is 0 Å². The maximum absolute atomic E-state index is 5.73. The fourth-order valence-corrected chi connectivity index (χ4v) is 2.20. The third-order valence-corrected chi connectivity index (χ3v) is 3.67. The lowest BCUT2D eigenvalue weighted by molar-refractivity contribution is 0.289. The SMILES string of the molecule is CCCCCCCNCc1ccc(OCCC(C)C)cc1. The van der Waals surface area contributed by atoms with Gasteiger partial charge in [-0.15, -0.1) is 0 Å². The highest BCUT2D eigenvalue weighted by Crippen LogP contribution is 2.13. The maximum Gasteiger partial charge on any atom is 0.119 e. The summed E-state index contributed by atoms with van der Waals surface area (Å²) >= 11 is 0. The van der Waals surface area contributed by atoms with Gasteiger partial charge in [-0.3, -0.25) is 0 Å². The number of benzene rings is 1. The van der Waals surface area contributed by atoms with Crippen LogP contribution >= 0.6 is 0 Å². The average molecular weight is 291 g/mol. The van der Waals surface area contributed by atoms with E-state index in [0.717, 1.165) is 31.9 Å². The molecule has 0 aromatic heterocycles. The minimum atomic E-state index is 0.700. The molecule has 0 aliphatic heterocycles. The second-order valence-corrected chi connectivity index (χ2v) is 6.27. The molecule has 2 nitrogen and oxygen atoms in total. The first-order valence-corrected chi connectivity index (χ1v) is 8.64. The molecule has 0 unspecified atom stereocenters. The Balaban J connectivity index is 2.10. The molecule has 1 rings (SSSR count). The lowest BCUT2D eigenvalue weighted by Gasteiger charge is -2.09. The molecule has 0 fully saturated rings. The summed E-state index contributed by atoms with van der Waals surface area (Å²) in [7, 11) is 0. The monoisotopic (exact) mass is 291 g/mol. The molecule has 0 radical (unpaired) electrons. The zero-order chi connectivity index (χ0) is 15.3. The molecule has 0 atom stereocenters. The Morgan fingerprint density at radius 2 is 1.71 bits per heavy atom. The van der Waals surface area contributed by atoms with Crippen molar-refractivity contribution >= 4 is 0 Å². The van der Waals surface area contributed by atoms with Gasteiger partial charge in [0.05, 0.1) is 6.61 Å². The highest BCUT2D eigenvalue weighted by atomic mass is 16.5. The van der Waals surface area contributed by atoms with Gasteiger partial charge in [-0.1, -0.05) is 58.6 Å². The van der Waals surface area contributed by atoms with Crippen LogP contribution in [0.25, 0.3) is 0 Å². The zero-order valence-corrected chi connectivity index (χ0v) is 14.2. The molecule has 1 N–H and O–H groups in total. The fraction of sp³-hybridized carbons (Fsp3) is 0.684. The molecular formula is C19H33NO. The van der Waals surface area contributed by atoms with Crippen molar-refractivity contribution in [3.05, 3.63) is 29.8 Å². The van der Waals surface area contributed by atoms with Gasteiger partial charge < -0.3 is 10.1 Å². The van der Waals surface area contributed by atoms with Gasteiger partial charge >= 0.3 is 0 Å². The van der Waals surface area contributed by atoms with Crippen LogP contribution in [-0.4, -0.2) is 13.2 Å². The summed E-state index contributed by atoms with van der Waals surface area (Å²) in [5, 5.41) is 3.52. The molecule has 0 aliphatic rings. The lowest BCUT2D eigenvalue weighted by Crippen LogP contribution is -2.14. The molecule has 0 aliphatic carbocycles. The first-order valence-electron chi connectivity index (χ1n) is 8.64. The number of rotatable bonds is 12. The first kappa shape index (κ1) is 18.0. The van der Waals surface area contributed by atoms with Crippen LogP contribution in [0.2, 0.25) is 0 Å². The van der Waals surface area contributed by atoms with E-state index in [1.165, 1.54) is 37.7 Å². The van der Waals surface area contributed by atoms with Gasteiger partial charge in [0, 0.05) is 6.54 Å². The van der Waals surface area contributed by atoms with Crippen LogP contribution in [0.15, 0.2) is 24.3 Å². The van der Waals surface area contributed by atoms with Crippen molar-refractivity contribution in [2.24, 2.45) is 5.92 Å². The van der Waals surface area contributed by atoms with E-state index in [4.69, 9.17) is 4.74 Å². The van der Waals surface area contributed by atoms with Crippen LogP contribution in [0.4, 0.5) is 0 Å². The van der Waals surface area contributed by atoms with Crippen LogP contribution in [0.5, 0.6) is 5.75 Å². The molecule has 0 bridgehead atoms. The predicted molar refractivity (Wildman–Crippen MR) is 91.9 cm³/mol. The van der Waals surface area contributed by atoms with E-state index >= 15 is 0 Å². The smallest absolute Gasteiger partial charge is 0.119 e. The van der Waals surface area contributed by atoms with Gasteiger partial charge in [-0.25, -0.2) is 0 Å². The molecule has 0 saturated heterocycles. The average Bonchev–Trinajstić information content (AvgIpc) is 2.47. The van der Waals surface area contributed by atoms with E-state index in [-0.39, 0.29) is 0 Å². The van der Waals surface area contributed by atoms with Gasteiger partial charge in [0.25, 0.3) is 0 Å². The Hall–Kier alpha value is -1.02. The van der Waals surface area contributed by atoms with Crippen molar-refractivity contribution in [3.63, 3.8) is 0 Å². The Kier molecular flexibility index (Phi) is 9.98. The summed E-state index contributed by atoms with van der Waals surface area (Å²) in [5.74, 6) is 1.68. The highest BCUT2D eigenvalue weighted by Gasteiger charge is 1.98. The molecule has 21 heavy (non-hydrogen) atoms. The Bertz CT molecular complexity index is 345. The zero-order valence-electron chi connectivity index (χ0n) is 14.2. The van der Waals surface area contributed by atoms with E-state index < -0.39 is 0 Å².